The van der Waals surface area contributed by atoms with E-state index < -0.39 is 0 Å². The zero-order chi connectivity index (χ0) is 11.7. The first-order chi connectivity index (χ1) is 8.36. The summed E-state index contributed by atoms with van der Waals surface area (Å²) in [6.45, 7) is 2.81. The highest BCUT2D eigenvalue weighted by Gasteiger charge is 2.25. The second-order valence-corrected chi connectivity index (χ2v) is 4.64. The largest absolute Gasteiger partial charge is 0.423 e. The molecular formula is C13H17N3O. The Morgan fingerprint density at radius 1 is 1.41 bits per heavy atom. The van der Waals surface area contributed by atoms with Crippen LogP contribution in [0.3, 0.4) is 0 Å². The number of rotatable bonds is 3. The van der Waals surface area contributed by atoms with Crippen molar-refractivity contribution in [3.63, 3.8) is 0 Å². The number of hydrogen-bond acceptors (Lipinski definition) is 4. The Labute approximate surface area is 100 Å². The molecule has 0 aliphatic carbocycles. The normalized spacial score (nSPS) is 20.3. The zero-order valence-corrected chi connectivity index (χ0v) is 9.80. The van der Waals surface area contributed by atoms with Gasteiger partial charge in [-0.15, -0.1) is 0 Å². The number of fused-ring (bicyclic) bond motifs is 1. The van der Waals surface area contributed by atoms with Crippen molar-refractivity contribution in [2.75, 3.05) is 24.5 Å². The molecule has 0 saturated carbocycles. The lowest BCUT2D eigenvalue weighted by molar-refractivity contribution is 0.536. The van der Waals surface area contributed by atoms with E-state index in [2.05, 4.69) is 9.88 Å². The molecule has 1 fully saturated rings. The van der Waals surface area contributed by atoms with E-state index in [0.29, 0.717) is 5.92 Å². The lowest BCUT2D eigenvalue weighted by atomic mass is 10.1. The van der Waals surface area contributed by atoms with E-state index in [1.165, 1.54) is 6.42 Å². The van der Waals surface area contributed by atoms with Crippen molar-refractivity contribution < 1.29 is 4.42 Å². The molecule has 0 radical (unpaired) electrons. The first-order valence-corrected chi connectivity index (χ1v) is 6.17. The van der Waals surface area contributed by atoms with E-state index in [1.54, 1.807) is 0 Å². The average molecular weight is 231 g/mol. The minimum atomic E-state index is 0.690. The molecule has 2 N–H and O–H groups in total. The van der Waals surface area contributed by atoms with Crippen LogP contribution >= 0.6 is 0 Å². The molecule has 4 heteroatoms. The molecule has 3 rings (SSSR count). The third-order valence-electron chi connectivity index (χ3n) is 3.41. The maximum atomic E-state index is 5.76. The molecule has 1 atom stereocenters. The number of benzene rings is 1. The molecule has 1 saturated heterocycles. The summed E-state index contributed by atoms with van der Waals surface area (Å²) in [6, 6.07) is 8.65. The van der Waals surface area contributed by atoms with Gasteiger partial charge in [-0.25, -0.2) is 0 Å². The van der Waals surface area contributed by atoms with Crippen molar-refractivity contribution in [2.45, 2.75) is 12.8 Å². The van der Waals surface area contributed by atoms with Crippen molar-refractivity contribution in [2.24, 2.45) is 11.7 Å². The lowest BCUT2D eigenvalue weighted by Gasteiger charge is -2.12. The minimum absolute atomic E-state index is 0.690. The maximum Gasteiger partial charge on any atom is 0.298 e. The third-order valence-corrected chi connectivity index (χ3v) is 3.41. The smallest absolute Gasteiger partial charge is 0.298 e. The molecule has 1 unspecified atom stereocenters. The molecule has 0 bridgehead atoms. The van der Waals surface area contributed by atoms with E-state index in [4.69, 9.17) is 10.2 Å². The summed E-state index contributed by atoms with van der Waals surface area (Å²) < 4.78 is 5.76. The first-order valence-electron chi connectivity index (χ1n) is 6.17. The van der Waals surface area contributed by atoms with Gasteiger partial charge in [0.1, 0.15) is 5.52 Å². The van der Waals surface area contributed by atoms with Gasteiger partial charge in [-0.2, -0.15) is 4.98 Å². The molecular weight excluding hydrogens is 214 g/mol. The van der Waals surface area contributed by atoms with Crippen LogP contribution in [-0.4, -0.2) is 24.6 Å². The summed E-state index contributed by atoms with van der Waals surface area (Å²) in [5, 5.41) is 0. The van der Waals surface area contributed by atoms with Crippen LogP contribution < -0.4 is 10.6 Å². The van der Waals surface area contributed by atoms with Gasteiger partial charge in [0.15, 0.2) is 5.58 Å². The van der Waals surface area contributed by atoms with Crippen molar-refractivity contribution in [3.05, 3.63) is 24.3 Å². The Balaban J connectivity index is 1.80. The van der Waals surface area contributed by atoms with E-state index in [1.807, 2.05) is 24.3 Å². The maximum absolute atomic E-state index is 5.76. The van der Waals surface area contributed by atoms with Gasteiger partial charge in [-0.1, -0.05) is 12.1 Å². The van der Waals surface area contributed by atoms with Crippen molar-refractivity contribution in [3.8, 4) is 0 Å². The molecule has 4 nitrogen and oxygen atoms in total. The van der Waals surface area contributed by atoms with Gasteiger partial charge in [0.2, 0.25) is 0 Å². The van der Waals surface area contributed by atoms with Gasteiger partial charge in [0, 0.05) is 13.1 Å². The highest BCUT2D eigenvalue weighted by atomic mass is 16.4. The fraction of sp³-hybridized carbons (Fsp3) is 0.462. The standard InChI is InChI=1S/C13H17N3O/c14-7-5-10-6-8-16(9-10)13-15-11-3-1-2-4-12(11)17-13/h1-4,10H,5-9,14H2. The minimum Gasteiger partial charge on any atom is -0.423 e. The van der Waals surface area contributed by atoms with Crippen LogP contribution in [0.5, 0.6) is 0 Å². The summed E-state index contributed by atoms with van der Waals surface area (Å²) in [5.74, 6) is 0.690. The molecule has 1 aromatic heterocycles. The SMILES string of the molecule is NCCC1CCN(c2nc3ccccc3o2)C1. The Morgan fingerprint density at radius 2 is 2.29 bits per heavy atom. The highest BCUT2D eigenvalue weighted by Crippen LogP contribution is 2.27. The van der Waals surface area contributed by atoms with Gasteiger partial charge in [0.25, 0.3) is 6.01 Å². The summed E-state index contributed by atoms with van der Waals surface area (Å²) >= 11 is 0. The fourth-order valence-electron chi connectivity index (χ4n) is 2.47. The van der Waals surface area contributed by atoms with Crippen LogP contribution in [0.4, 0.5) is 6.01 Å². The average Bonchev–Trinajstić information content (AvgIpc) is 2.94. The molecule has 2 aromatic rings. The van der Waals surface area contributed by atoms with Gasteiger partial charge in [-0.05, 0) is 37.4 Å². The monoisotopic (exact) mass is 231 g/mol. The molecule has 2 heterocycles. The van der Waals surface area contributed by atoms with Crippen LogP contribution in [0.25, 0.3) is 11.1 Å². The first kappa shape index (κ1) is 10.6. The number of oxazole rings is 1. The third kappa shape index (κ3) is 2.00. The van der Waals surface area contributed by atoms with Crippen LogP contribution in [0.1, 0.15) is 12.8 Å². The second-order valence-electron chi connectivity index (χ2n) is 4.64. The summed E-state index contributed by atoms with van der Waals surface area (Å²) in [7, 11) is 0. The lowest BCUT2D eigenvalue weighted by Crippen LogP contribution is -2.20. The molecule has 0 spiro atoms. The number of para-hydroxylation sites is 2. The number of nitrogens with two attached hydrogens (primary N) is 1. The van der Waals surface area contributed by atoms with Crippen molar-refractivity contribution in [1.29, 1.82) is 0 Å². The van der Waals surface area contributed by atoms with E-state index in [0.717, 1.165) is 43.2 Å². The number of hydrogen-bond donors (Lipinski definition) is 1. The molecule has 1 aliphatic heterocycles. The van der Waals surface area contributed by atoms with E-state index in [9.17, 15) is 0 Å². The predicted molar refractivity (Wildman–Crippen MR) is 68.0 cm³/mol. The van der Waals surface area contributed by atoms with Gasteiger partial charge in [-0.3, -0.25) is 0 Å². The van der Waals surface area contributed by atoms with Crippen LogP contribution in [0.2, 0.25) is 0 Å². The number of aromatic nitrogens is 1. The summed E-state index contributed by atoms with van der Waals surface area (Å²) in [5.41, 5.74) is 7.40. The topological polar surface area (TPSA) is 55.3 Å². The van der Waals surface area contributed by atoms with E-state index >= 15 is 0 Å². The van der Waals surface area contributed by atoms with Crippen molar-refractivity contribution >= 4 is 17.1 Å². The second kappa shape index (κ2) is 4.37. The number of anilines is 1. The molecule has 90 valence electrons. The Bertz CT molecular complexity index is 475. The van der Waals surface area contributed by atoms with Gasteiger partial charge < -0.3 is 15.1 Å². The van der Waals surface area contributed by atoms with Crippen LogP contribution in [-0.2, 0) is 0 Å². The predicted octanol–water partition coefficient (Wildman–Crippen LogP) is 2.00. The Hall–Kier alpha value is -1.55. The van der Waals surface area contributed by atoms with Crippen LogP contribution in [0, 0.1) is 5.92 Å². The van der Waals surface area contributed by atoms with Gasteiger partial charge >= 0.3 is 0 Å². The Kier molecular flexibility index (Phi) is 2.73. The van der Waals surface area contributed by atoms with E-state index in [-0.39, 0.29) is 0 Å². The number of nitrogens with zero attached hydrogens (tertiary/aromatic N) is 2. The molecule has 1 aliphatic rings. The van der Waals surface area contributed by atoms with Crippen molar-refractivity contribution in [1.82, 2.24) is 4.98 Å². The van der Waals surface area contributed by atoms with Gasteiger partial charge in [0.05, 0.1) is 0 Å². The quantitative estimate of drug-likeness (QED) is 0.877. The molecule has 0 amide bonds. The summed E-state index contributed by atoms with van der Waals surface area (Å²) in [6.07, 6.45) is 2.28. The highest BCUT2D eigenvalue weighted by molar-refractivity contribution is 5.74. The van der Waals surface area contributed by atoms with Crippen LogP contribution in [0.15, 0.2) is 28.7 Å². The molecule has 17 heavy (non-hydrogen) atoms. The Morgan fingerprint density at radius 3 is 3.12 bits per heavy atom. The molecule has 1 aromatic carbocycles. The zero-order valence-electron chi connectivity index (χ0n) is 9.80. The fourth-order valence-corrected chi connectivity index (χ4v) is 2.47. The summed E-state index contributed by atoms with van der Waals surface area (Å²) in [4.78, 5) is 6.74.